The summed E-state index contributed by atoms with van der Waals surface area (Å²) in [5.74, 6) is 1.43. The molecule has 0 saturated heterocycles. The molecule has 1 unspecified atom stereocenters. The molecule has 1 fully saturated rings. The van der Waals surface area contributed by atoms with Crippen molar-refractivity contribution in [2.75, 3.05) is 7.11 Å². The molecule has 0 aromatic heterocycles. The van der Waals surface area contributed by atoms with Crippen LogP contribution in [0.1, 0.15) is 24.4 Å². The van der Waals surface area contributed by atoms with Crippen molar-refractivity contribution in [1.29, 1.82) is 0 Å². The van der Waals surface area contributed by atoms with E-state index in [1.165, 1.54) is 12.8 Å². The van der Waals surface area contributed by atoms with Crippen molar-refractivity contribution < 1.29 is 4.74 Å². The normalized spacial score (nSPS) is 16.7. The summed E-state index contributed by atoms with van der Waals surface area (Å²) in [5, 5.41) is 0.741. The van der Waals surface area contributed by atoms with Crippen molar-refractivity contribution in [3.05, 3.63) is 28.8 Å². The predicted molar refractivity (Wildman–Crippen MR) is 64.9 cm³/mol. The minimum atomic E-state index is 0. The molecule has 0 amide bonds. The van der Waals surface area contributed by atoms with Crippen LogP contribution in [0.15, 0.2) is 18.2 Å². The van der Waals surface area contributed by atoms with E-state index in [4.69, 9.17) is 22.1 Å². The van der Waals surface area contributed by atoms with Gasteiger partial charge in [0.25, 0.3) is 0 Å². The van der Waals surface area contributed by atoms with Crippen molar-refractivity contribution in [3.63, 3.8) is 0 Å². The molecule has 2 rings (SSSR count). The molecular formula is C11H15Cl2NO. The van der Waals surface area contributed by atoms with Crippen LogP contribution in [0.4, 0.5) is 0 Å². The Morgan fingerprint density at radius 3 is 2.67 bits per heavy atom. The second-order valence-corrected chi connectivity index (χ2v) is 4.16. The van der Waals surface area contributed by atoms with Crippen LogP contribution >= 0.6 is 24.0 Å². The lowest BCUT2D eigenvalue weighted by Crippen LogP contribution is -2.12. The maximum atomic E-state index is 6.08. The molecule has 4 heteroatoms. The van der Waals surface area contributed by atoms with Gasteiger partial charge in [0.2, 0.25) is 0 Å². The van der Waals surface area contributed by atoms with Gasteiger partial charge in [0, 0.05) is 11.1 Å². The molecule has 0 aliphatic heterocycles. The molecule has 1 aliphatic carbocycles. The zero-order valence-electron chi connectivity index (χ0n) is 8.57. The molecule has 1 aliphatic rings. The monoisotopic (exact) mass is 247 g/mol. The standard InChI is InChI=1S/C11H14ClNO.ClH/c1-14-8-4-5-10(12)9(6-8)11(13)7-2-3-7;/h4-7,11H,2-3,13H2,1H3;1H. The number of hydrogen-bond donors (Lipinski definition) is 1. The van der Waals surface area contributed by atoms with Crippen molar-refractivity contribution in [3.8, 4) is 5.75 Å². The van der Waals surface area contributed by atoms with E-state index in [0.29, 0.717) is 5.92 Å². The fraction of sp³-hybridized carbons (Fsp3) is 0.455. The Morgan fingerprint density at radius 1 is 1.47 bits per heavy atom. The van der Waals surface area contributed by atoms with E-state index >= 15 is 0 Å². The Labute approximate surface area is 101 Å². The second-order valence-electron chi connectivity index (χ2n) is 3.75. The summed E-state index contributed by atoms with van der Waals surface area (Å²) >= 11 is 6.08. The highest BCUT2D eigenvalue weighted by Crippen LogP contribution is 2.42. The van der Waals surface area contributed by atoms with E-state index in [1.807, 2.05) is 18.2 Å². The third kappa shape index (κ3) is 2.77. The average Bonchev–Trinajstić information content (AvgIpc) is 3.01. The topological polar surface area (TPSA) is 35.2 Å². The summed E-state index contributed by atoms with van der Waals surface area (Å²) in [6.45, 7) is 0. The maximum absolute atomic E-state index is 6.08. The molecule has 15 heavy (non-hydrogen) atoms. The minimum Gasteiger partial charge on any atom is -0.497 e. The molecule has 1 atom stereocenters. The number of hydrogen-bond acceptors (Lipinski definition) is 2. The SMILES string of the molecule is COc1ccc(Cl)c(C(N)C2CC2)c1.Cl. The lowest BCUT2D eigenvalue weighted by Gasteiger charge is -2.13. The molecule has 0 heterocycles. The number of benzene rings is 1. The van der Waals surface area contributed by atoms with Crippen LogP contribution in [0.3, 0.4) is 0 Å². The third-order valence-electron chi connectivity index (χ3n) is 2.69. The van der Waals surface area contributed by atoms with Gasteiger partial charge >= 0.3 is 0 Å². The molecule has 2 nitrogen and oxygen atoms in total. The Bertz CT molecular complexity index is 339. The molecule has 0 bridgehead atoms. The third-order valence-corrected chi connectivity index (χ3v) is 3.04. The van der Waals surface area contributed by atoms with Gasteiger partial charge in [-0.3, -0.25) is 0 Å². The van der Waals surface area contributed by atoms with E-state index < -0.39 is 0 Å². The highest BCUT2D eigenvalue weighted by atomic mass is 35.5. The van der Waals surface area contributed by atoms with E-state index in [2.05, 4.69) is 0 Å². The number of methoxy groups -OCH3 is 1. The number of halogens is 2. The Balaban J connectivity index is 0.00000112. The quantitative estimate of drug-likeness (QED) is 0.891. The zero-order valence-corrected chi connectivity index (χ0v) is 10.1. The molecule has 1 saturated carbocycles. The van der Waals surface area contributed by atoms with Crippen molar-refractivity contribution in [2.24, 2.45) is 11.7 Å². The lowest BCUT2D eigenvalue weighted by molar-refractivity contribution is 0.413. The van der Waals surface area contributed by atoms with E-state index in [9.17, 15) is 0 Å². The van der Waals surface area contributed by atoms with Crippen LogP contribution in [0.5, 0.6) is 5.75 Å². The first-order chi connectivity index (χ1) is 6.72. The molecular weight excluding hydrogens is 233 g/mol. The number of nitrogens with two attached hydrogens (primary N) is 1. The van der Waals surface area contributed by atoms with Gasteiger partial charge in [0.05, 0.1) is 7.11 Å². The van der Waals surface area contributed by atoms with E-state index in [0.717, 1.165) is 16.3 Å². The average molecular weight is 248 g/mol. The summed E-state index contributed by atoms with van der Waals surface area (Å²) in [6, 6.07) is 5.70. The molecule has 1 aromatic carbocycles. The summed E-state index contributed by atoms with van der Waals surface area (Å²) < 4.78 is 5.15. The highest BCUT2D eigenvalue weighted by Gasteiger charge is 2.30. The summed E-state index contributed by atoms with van der Waals surface area (Å²) in [4.78, 5) is 0. The van der Waals surface area contributed by atoms with Crippen molar-refractivity contribution in [2.45, 2.75) is 18.9 Å². The first-order valence-electron chi connectivity index (χ1n) is 4.81. The Hall–Kier alpha value is -0.440. The summed E-state index contributed by atoms with van der Waals surface area (Å²) in [5.41, 5.74) is 7.09. The second kappa shape index (κ2) is 5.06. The van der Waals surface area contributed by atoms with Crippen LogP contribution in [-0.2, 0) is 0 Å². The van der Waals surface area contributed by atoms with Crippen LogP contribution < -0.4 is 10.5 Å². The lowest BCUT2D eigenvalue weighted by atomic mass is 10.0. The van der Waals surface area contributed by atoms with Crippen LogP contribution in [0.25, 0.3) is 0 Å². The molecule has 1 aromatic rings. The van der Waals surface area contributed by atoms with Crippen molar-refractivity contribution in [1.82, 2.24) is 0 Å². The fourth-order valence-corrected chi connectivity index (χ4v) is 1.86. The van der Waals surface area contributed by atoms with Crippen molar-refractivity contribution >= 4 is 24.0 Å². The first kappa shape index (κ1) is 12.6. The number of ether oxygens (including phenoxy) is 1. The minimum absolute atomic E-state index is 0. The van der Waals surface area contributed by atoms with E-state index in [-0.39, 0.29) is 18.4 Å². The first-order valence-corrected chi connectivity index (χ1v) is 5.19. The Morgan fingerprint density at radius 2 is 2.13 bits per heavy atom. The van der Waals surface area contributed by atoms with Gasteiger partial charge < -0.3 is 10.5 Å². The Kier molecular flexibility index (Phi) is 4.26. The van der Waals surface area contributed by atoms with Gasteiger partial charge in [0.1, 0.15) is 5.75 Å². The maximum Gasteiger partial charge on any atom is 0.119 e. The van der Waals surface area contributed by atoms with Gasteiger partial charge in [-0.25, -0.2) is 0 Å². The van der Waals surface area contributed by atoms with E-state index in [1.54, 1.807) is 7.11 Å². The van der Waals surface area contributed by atoms with Crippen LogP contribution in [0.2, 0.25) is 5.02 Å². The molecule has 0 radical (unpaired) electrons. The number of rotatable bonds is 3. The highest BCUT2D eigenvalue weighted by molar-refractivity contribution is 6.31. The van der Waals surface area contributed by atoms with Gasteiger partial charge in [-0.2, -0.15) is 0 Å². The predicted octanol–water partition coefficient (Wildman–Crippen LogP) is 3.18. The smallest absolute Gasteiger partial charge is 0.119 e. The van der Waals surface area contributed by atoms with Gasteiger partial charge in [-0.1, -0.05) is 11.6 Å². The summed E-state index contributed by atoms with van der Waals surface area (Å²) in [6.07, 6.45) is 2.43. The fourth-order valence-electron chi connectivity index (χ4n) is 1.61. The van der Waals surface area contributed by atoms with Crippen LogP contribution in [0, 0.1) is 5.92 Å². The molecule has 0 spiro atoms. The molecule has 2 N–H and O–H groups in total. The van der Waals surface area contributed by atoms with Crippen LogP contribution in [-0.4, -0.2) is 7.11 Å². The zero-order chi connectivity index (χ0) is 10.1. The largest absolute Gasteiger partial charge is 0.497 e. The summed E-state index contributed by atoms with van der Waals surface area (Å²) in [7, 11) is 1.65. The van der Waals surface area contributed by atoms with Gasteiger partial charge in [-0.15, -0.1) is 12.4 Å². The molecule has 84 valence electrons. The van der Waals surface area contributed by atoms with Gasteiger partial charge in [0.15, 0.2) is 0 Å². The van der Waals surface area contributed by atoms with Gasteiger partial charge in [-0.05, 0) is 42.5 Å².